The Morgan fingerprint density at radius 2 is 2.24 bits per heavy atom. The number of benzene rings is 1. The smallest absolute Gasteiger partial charge is 0.344 e. The second-order valence-electron chi connectivity index (χ2n) is 3.65. The highest BCUT2D eigenvalue weighted by atomic mass is 16.5. The molecule has 3 N–H and O–H groups in total. The number of ether oxygens (including phenoxy) is 1. The number of carboxylic acids is 1. The number of fused-ring (bicyclic) bond motifs is 1. The lowest BCUT2D eigenvalue weighted by Gasteiger charge is -2.13. The van der Waals surface area contributed by atoms with E-state index >= 15 is 0 Å². The van der Waals surface area contributed by atoms with E-state index in [0.717, 1.165) is 0 Å². The van der Waals surface area contributed by atoms with Crippen LogP contribution >= 0.6 is 0 Å². The Hall–Kier alpha value is -2.30. The number of aromatic nitrogens is 1. The van der Waals surface area contributed by atoms with Crippen LogP contribution in [-0.4, -0.2) is 22.2 Å². The van der Waals surface area contributed by atoms with Crippen LogP contribution in [0.3, 0.4) is 0 Å². The summed E-state index contributed by atoms with van der Waals surface area (Å²) in [5, 5.41) is 9.51. The van der Waals surface area contributed by atoms with Crippen molar-refractivity contribution >= 4 is 22.6 Å². The summed E-state index contributed by atoms with van der Waals surface area (Å²) >= 11 is 0. The number of hydrogen-bond donors (Lipinski definition) is 2. The summed E-state index contributed by atoms with van der Waals surface area (Å²) < 4.78 is 5.35. The molecule has 0 radical (unpaired) electrons. The van der Waals surface area contributed by atoms with E-state index in [1.807, 2.05) is 0 Å². The third-order valence-electron chi connectivity index (χ3n) is 2.41. The van der Waals surface area contributed by atoms with Crippen LogP contribution in [0.25, 0.3) is 10.9 Å². The number of rotatable bonds is 3. The Labute approximate surface area is 97.8 Å². The molecule has 0 aliphatic heterocycles. The lowest BCUT2D eigenvalue weighted by molar-refractivity contribution is -0.144. The summed E-state index contributed by atoms with van der Waals surface area (Å²) in [4.78, 5) is 14.9. The molecule has 0 bridgehead atoms. The summed E-state index contributed by atoms with van der Waals surface area (Å²) in [5.74, 6) is -0.545. The molecule has 88 valence electrons. The van der Waals surface area contributed by atoms with E-state index in [-0.39, 0.29) is 0 Å². The van der Waals surface area contributed by atoms with Crippen molar-refractivity contribution in [3.8, 4) is 5.75 Å². The molecule has 5 heteroatoms. The highest BCUT2D eigenvalue weighted by Crippen LogP contribution is 2.28. The molecule has 1 atom stereocenters. The molecule has 0 amide bonds. The quantitative estimate of drug-likeness (QED) is 0.786. The number of nitrogen functional groups attached to an aromatic ring is 1. The molecule has 0 spiro atoms. The number of nitrogens with two attached hydrogens (primary N) is 1. The van der Waals surface area contributed by atoms with Crippen LogP contribution in [0.5, 0.6) is 5.75 Å². The van der Waals surface area contributed by atoms with Gasteiger partial charge in [0, 0.05) is 11.6 Å². The van der Waals surface area contributed by atoms with E-state index in [9.17, 15) is 4.79 Å². The monoisotopic (exact) mass is 232 g/mol. The highest BCUT2D eigenvalue weighted by molar-refractivity contribution is 5.93. The standard InChI is InChI=1S/C12H12N2O3/c1-7(12(15)16)17-10-5-4-9(13)11-8(10)3-2-6-14-11/h2-7H,13H2,1H3,(H,15,16). The van der Waals surface area contributed by atoms with Crippen molar-refractivity contribution in [1.29, 1.82) is 0 Å². The van der Waals surface area contributed by atoms with Crippen LogP contribution in [0.2, 0.25) is 0 Å². The predicted octanol–water partition coefficient (Wildman–Crippen LogP) is 1.67. The normalized spacial score (nSPS) is 12.3. The molecule has 0 fully saturated rings. The van der Waals surface area contributed by atoms with Crippen molar-refractivity contribution < 1.29 is 14.6 Å². The summed E-state index contributed by atoms with van der Waals surface area (Å²) in [5.41, 5.74) is 6.93. The van der Waals surface area contributed by atoms with Crippen LogP contribution < -0.4 is 10.5 Å². The molecule has 17 heavy (non-hydrogen) atoms. The molecule has 0 aliphatic carbocycles. The molecular formula is C12H12N2O3. The Morgan fingerprint density at radius 1 is 1.47 bits per heavy atom. The molecule has 1 aromatic heterocycles. The maximum atomic E-state index is 10.7. The van der Waals surface area contributed by atoms with Gasteiger partial charge in [-0.05, 0) is 31.2 Å². The molecule has 2 aromatic rings. The third kappa shape index (κ3) is 2.13. The van der Waals surface area contributed by atoms with Crippen molar-refractivity contribution in [3.63, 3.8) is 0 Å². The lowest BCUT2D eigenvalue weighted by Crippen LogP contribution is -2.23. The van der Waals surface area contributed by atoms with E-state index < -0.39 is 12.1 Å². The van der Waals surface area contributed by atoms with Crippen LogP contribution in [0.15, 0.2) is 30.5 Å². The lowest BCUT2D eigenvalue weighted by atomic mass is 10.1. The molecule has 0 saturated carbocycles. The van der Waals surface area contributed by atoms with Gasteiger partial charge in [-0.3, -0.25) is 4.98 Å². The topological polar surface area (TPSA) is 85.4 Å². The first kappa shape index (κ1) is 11.2. The van der Waals surface area contributed by atoms with Gasteiger partial charge in [-0.1, -0.05) is 0 Å². The van der Waals surface area contributed by atoms with Crippen molar-refractivity contribution in [2.45, 2.75) is 13.0 Å². The minimum absolute atomic E-state index is 0.470. The van der Waals surface area contributed by atoms with E-state index in [2.05, 4.69) is 4.98 Å². The first-order valence-corrected chi connectivity index (χ1v) is 5.12. The van der Waals surface area contributed by atoms with E-state index in [0.29, 0.717) is 22.3 Å². The van der Waals surface area contributed by atoms with Gasteiger partial charge in [-0.2, -0.15) is 0 Å². The van der Waals surface area contributed by atoms with E-state index in [1.165, 1.54) is 6.92 Å². The minimum Gasteiger partial charge on any atom is -0.479 e. The molecule has 0 saturated heterocycles. The van der Waals surface area contributed by atoms with Crippen molar-refractivity contribution in [3.05, 3.63) is 30.5 Å². The number of nitrogens with zero attached hydrogens (tertiary/aromatic N) is 1. The van der Waals surface area contributed by atoms with Crippen LogP contribution in [-0.2, 0) is 4.79 Å². The summed E-state index contributed by atoms with van der Waals surface area (Å²) in [7, 11) is 0. The molecule has 1 aromatic carbocycles. The number of carboxylic acid groups (broad SMARTS) is 1. The fourth-order valence-electron chi connectivity index (χ4n) is 1.51. The molecule has 1 unspecified atom stereocenters. The number of pyridine rings is 1. The first-order chi connectivity index (χ1) is 8.09. The van der Waals surface area contributed by atoms with Crippen LogP contribution in [0.4, 0.5) is 5.69 Å². The molecular weight excluding hydrogens is 220 g/mol. The van der Waals surface area contributed by atoms with Crippen LogP contribution in [0, 0.1) is 0 Å². The highest BCUT2D eigenvalue weighted by Gasteiger charge is 2.14. The van der Waals surface area contributed by atoms with Gasteiger partial charge < -0.3 is 15.6 Å². The Bertz CT molecular complexity index is 569. The molecule has 1 heterocycles. The maximum absolute atomic E-state index is 10.7. The van der Waals surface area contributed by atoms with Gasteiger partial charge in [0.25, 0.3) is 0 Å². The zero-order valence-electron chi connectivity index (χ0n) is 9.25. The van der Waals surface area contributed by atoms with Gasteiger partial charge in [-0.15, -0.1) is 0 Å². The molecule has 2 rings (SSSR count). The minimum atomic E-state index is -1.01. The predicted molar refractivity (Wildman–Crippen MR) is 63.9 cm³/mol. The molecule has 5 nitrogen and oxygen atoms in total. The average molecular weight is 232 g/mol. The van der Waals surface area contributed by atoms with E-state index in [1.54, 1.807) is 30.5 Å². The van der Waals surface area contributed by atoms with Gasteiger partial charge in [0.2, 0.25) is 0 Å². The maximum Gasteiger partial charge on any atom is 0.344 e. The van der Waals surface area contributed by atoms with Gasteiger partial charge >= 0.3 is 5.97 Å². The van der Waals surface area contributed by atoms with Gasteiger partial charge in [0.05, 0.1) is 11.2 Å². The average Bonchev–Trinajstić information content (AvgIpc) is 2.33. The van der Waals surface area contributed by atoms with Crippen LogP contribution in [0.1, 0.15) is 6.92 Å². The van der Waals surface area contributed by atoms with Crippen molar-refractivity contribution in [1.82, 2.24) is 4.98 Å². The first-order valence-electron chi connectivity index (χ1n) is 5.12. The second-order valence-corrected chi connectivity index (χ2v) is 3.65. The van der Waals surface area contributed by atoms with Gasteiger partial charge in [0.15, 0.2) is 6.10 Å². The van der Waals surface area contributed by atoms with Gasteiger partial charge in [0.1, 0.15) is 5.75 Å². The largest absolute Gasteiger partial charge is 0.479 e. The Kier molecular flexibility index (Phi) is 2.82. The van der Waals surface area contributed by atoms with Crippen molar-refractivity contribution in [2.75, 3.05) is 5.73 Å². The zero-order valence-corrected chi connectivity index (χ0v) is 9.25. The fourth-order valence-corrected chi connectivity index (χ4v) is 1.51. The van der Waals surface area contributed by atoms with E-state index in [4.69, 9.17) is 15.6 Å². The van der Waals surface area contributed by atoms with Gasteiger partial charge in [-0.25, -0.2) is 4.79 Å². The SMILES string of the molecule is CC(Oc1ccc(N)c2ncccc12)C(=O)O. The fraction of sp³-hybridized carbons (Fsp3) is 0.167. The summed E-state index contributed by atoms with van der Waals surface area (Å²) in [6.07, 6.45) is 0.713. The Balaban J connectivity index is 2.48. The number of hydrogen-bond acceptors (Lipinski definition) is 4. The Morgan fingerprint density at radius 3 is 2.94 bits per heavy atom. The summed E-state index contributed by atoms with van der Waals surface area (Å²) in [6.45, 7) is 1.47. The number of anilines is 1. The molecule has 0 aliphatic rings. The number of aliphatic carboxylic acids is 1. The van der Waals surface area contributed by atoms with Crippen molar-refractivity contribution in [2.24, 2.45) is 0 Å². The third-order valence-corrected chi connectivity index (χ3v) is 2.41. The summed E-state index contributed by atoms with van der Waals surface area (Å²) in [6, 6.07) is 6.85. The number of carbonyl (C=O) groups is 1. The zero-order chi connectivity index (χ0) is 12.4. The second kappa shape index (κ2) is 4.29.